The van der Waals surface area contributed by atoms with E-state index >= 15 is 0 Å². The summed E-state index contributed by atoms with van der Waals surface area (Å²) in [5.74, 6) is 1.97. The van der Waals surface area contributed by atoms with Gasteiger partial charge in [-0.3, -0.25) is 0 Å². The van der Waals surface area contributed by atoms with Crippen molar-refractivity contribution in [3.63, 3.8) is 0 Å². The lowest BCUT2D eigenvalue weighted by Crippen LogP contribution is -2.48. The number of piperidine rings is 1. The SMILES string of the molecule is Cc1nccc(N2CCC3CCN(c4ccc(F)cc4C#N)C3C2)n1. The van der Waals surface area contributed by atoms with Crippen LogP contribution in [0.5, 0.6) is 0 Å². The molecule has 0 saturated carbocycles. The lowest BCUT2D eigenvalue weighted by atomic mass is 9.92. The lowest BCUT2D eigenvalue weighted by molar-refractivity contribution is 0.389. The molecule has 4 rings (SSSR count). The summed E-state index contributed by atoms with van der Waals surface area (Å²) >= 11 is 0. The van der Waals surface area contributed by atoms with E-state index in [9.17, 15) is 9.65 Å². The predicted molar refractivity (Wildman–Crippen MR) is 94.0 cm³/mol. The average molecular weight is 337 g/mol. The highest BCUT2D eigenvalue weighted by molar-refractivity contribution is 5.61. The third-order valence-electron chi connectivity index (χ3n) is 5.34. The molecular formula is C19H20FN5. The van der Waals surface area contributed by atoms with Crippen molar-refractivity contribution in [3.8, 4) is 6.07 Å². The first-order valence-electron chi connectivity index (χ1n) is 8.66. The van der Waals surface area contributed by atoms with Crippen molar-refractivity contribution in [3.05, 3.63) is 47.7 Å². The van der Waals surface area contributed by atoms with Crippen LogP contribution >= 0.6 is 0 Å². The van der Waals surface area contributed by atoms with E-state index in [1.54, 1.807) is 12.3 Å². The average Bonchev–Trinajstić information content (AvgIpc) is 3.04. The van der Waals surface area contributed by atoms with Gasteiger partial charge in [-0.25, -0.2) is 14.4 Å². The van der Waals surface area contributed by atoms with Crippen LogP contribution in [0.15, 0.2) is 30.5 Å². The third-order valence-corrected chi connectivity index (χ3v) is 5.34. The van der Waals surface area contributed by atoms with Crippen LogP contribution < -0.4 is 9.80 Å². The van der Waals surface area contributed by atoms with Crippen LogP contribution in [0.3, 0.4) is 0 Å². The number of nitriles is 1. The quantitative estimate of drug-likeness (QED) is 0.843. The molecule has 0 N–H and O–H groups in total. The Morgan fingerprint density at radius 3 is 2.88 bits per heavy atom. The summed E-state index contributed by atoms with van der Waals surface area (Å²) < 4.78 is 13.5. The number of halogens is 1. The molecule has 0 radical (unpaired) electrons. The minimum absolute atomic E-state index is 0.321. The zero-order valence-corrected chi connectivity index (χ0v) is 14.2. The molecule has 128 valence electrons. The van der Waals surface area contributed by atoms with Gasteiger partial charge in [0.2, 0.25) is 0 Å². The first-order chi connectivity index (χ1) is 12.2. The van der Waals surface area contributed by atoms with E-state index < -0.39 is 0 Å². The van der Waals surface area contributed by atoms with Crippen LogP contribution in [0.4, 0.5) is 15.9 Å². The zero-order chi connectivity index (χ0) is 17.4. The number of hydrogen-bond donors (Lipinski definition) is 0. The summed E-state index contributed by atoms with van der Waals surface area (Å²) in [6, 6.07) is 8.93. The van der Waals surface area contributed by atoms with Gasteiger partial charge in [-0.1, -0.05) is 0 Å². The summed E-state index contributed by atoms with van der Waals surface area (Å²) in [5.41, 5.74) is 1.26. The molecule has 6 heteroatoms. The number of rotatable bonds is 2. The molecule has 2 saturated heterocycles. The molecule has 2 aromatic rings. The number of fused-ring (bicyclic) bond motifs is 1. The molecule has 2 fully saturated rings. The second kappa shape index (κ2) is 6.32. The van der Waals surface area contributed by atoms with Crippen LogP contribution in [0.25, 0.3) is 0 Å². The molecule has 0 bridgehead atoms. The van der Waals surface area contributed by atoms with Gasteiger partial charge in [-0.15, -0.1) is 0 Å². The number of hydrogen-bond acceptors (Lipinski definition) is 5. The van der Waals surface area contributed by atoms with Gasteiger partial charge in [0.15, 0.2) is 0 Å². The van der Waals surface area contributed by atoms with Crippen molar-refractivity contribution in [1.29, 1.82) is 5.26 Å². The van der Waals surface area contributed by atoms with Crippen molar-refractivity contribution in [2.45, 2.75) is 25.8 Å². The second-order valence-corrected chi connectivity index (χ2v) is 6.78. The Balaban J connectivity index is 1.62. The van der Waals surface area contributed by atoms with Gasteiger partial charge < -0.3 is 9.80 Å². The van der Waals surface area contributed by atoms with E-state index in [0.717, 1.165) is 49.8 Å². The van der Waals surface area contributed by atoms with Crippen LogP contribution in [0.2, 0.25) is 0 Å². The highest BCUT2D eigenvalue weighted by atomic mass is 19.1. The molecule has 2 unspecified atom stereocenters. The fourth-order valence-corrected chi connectivity index (χ4v) is 4.12. The molecule has 0 amide bonds. The van der Waals surface area contributed by atoms with Crippen LogP contribution in [0.1, 0.15) is 24.2 Å². The number of benzene rings is 1. The smallest absolute Gasteiger partial charge is 0.132 e. The van der Waals surface area contributed by atoms with Crippen molar-refractivity contribution >= 4 is 11.5 Å². The molecule has 3 heterocycles. The number of aryl methyl sites for hydroxylation is 1. The standard InChI is InChI=1S/C19H20FN5/c1-13-22-7-4-19(23-13)24-8-5-14-6-9-25(18(14)12-24)17-3-2-16(20)10-15(17)11-21/h2-4,7,10,14,18H,5-6,8-9,12H2,1H3. The zero-order valence-electron chi connectivity index (χ0n) is 14.2. The molecule has 0 spiro atoms. The van der Waals surface area contributed by atoms with Crippen molar-refractivity contribution in [1.82, 2.24) is 9.97 Å². The van der Waals surface area contributed by atoms with Gasteiger partial charge in [0.25, 0.3) is 0 Å². The minimum atomic E-state index is -0.363. The minimum Gasteiger partial charge on any atom is -0.365 e. The molecule has 5 nitrogen and oxygen atoms in total. The summed E-state index contributed by atoms with van der Waals surface area (Å²) in [4.78, 5) is 13.3. The molecule has 25 heavy (non-hydrogen) atoms. The van der Waals surface area contributed by atoms with E-state index in [1.165, 1.54) is 12.1 Å². The van der Waals surface area contributed by atoms with Gasteiger partial charge in [-0.05, 0) is 49.9 Å². The largest absolute Gasteiger partial charge is 0.365 e. The molecule has 0 aliphatic carbocycles. The van der Waals surface area contributed by atoms with E-state index in [2.05, 4.69) is 25.8 Å². The lowest BCUT2D eigenvalue weighted by Gasteiger charge is -2.40. The van der Waals surface area contributed by atoms with Crippen LogP contribution in [-0.4, -0.2) is 35.6 Å². The Labute approximate surface area is 146 Å². The Hall–Kier alpha value is -2.68. The molecule has 2 aliphatic heterocycles. The second-order valence-electron chi connectivity index (χ2n) is 6.78. The van der Waals surface area contributed by atoms with Gasteiger partial charge in [-0.2, -0.15) is 5.26 Å². The van der Waals surface area contributed by atoms with E-state index in [-0.39, 0.29) is 5.82 Å². The first kappa shape index (κ1) is 15.8. The van der Waals surface area contributed by atoms with Crippen molar-refractivity contribution in [2.75, 3.05) is 29.4 Å². The normalized spacial score (nSPS) is 22.6. The van der Waals surface area contributed by atoms with E-state index in [1.807, 2.05) is 13.0 Å². The summed E-state index contributed by atoms with van der Waals surface area (Å²) in [5, 5.41) is 9.39. The maximum Gasteiger partial charge on any atom is 0.132 e. The molecule has 2 atom stereocenters. The molecule has 2 aliphatic rings. The van der Waals surface area contributed by atoms with Gasteiger partial charge in [0, 0.05) is 31.9 Å². The predicted octanol–water partition coefficient (Wildman–Crippen LogP) is 2.90. The van der Waals surface area contributed by atoms with Gasteiger partial charge in [0.05, 0.1) is 11.3 Å². The number of anilines is 2. The maximum atomic E-state index is 13.5. The van der Waals surface area contributed by atoms with Crippen LogP contribution in [0, 0.1) is 30.0 Å². The Kier molecular flexibility index (Phi) is 4.00. The topological polar surface area (TPSA) is 56.1 Å². The van der Waals surface area contributed by atoms with Crippen molar-refractivity contribution < 1.29 is 4.39 Å². The monoisotopic (exact) mass is 337 g/mol. The van der Waals surface area contributed by atoms with E-state index in [4.69, 9.17) is 0 Å². The summed E-state index contributed by atoms with van der Waals surface area (Å²) in [6.07, 6.45) is 4.01. The van der Waals surface area contributed by atoms with E-state index in [0.29, 0.717) is 17.5 Å². The maximum absolute atomic E-state index is 13.5. The Bertz CT molecular complexity index is 831. The molecule has 1 aromatic carbocycles. The fraction of sp³-hybridized carbons (Fsp3) is 0.421. The third kappa shape index (κ3) is 2.91. The van der Waals surface area contributed by atoms with Gasteiger partial charge >= 0.3 is 0 Å². The molecule has 1 aromatic heterocycles. The summed E-state index contributed by atoms with van der Waals surface area (Å²) in [7, 11) is 0. The van der Waals surface area contributed by atoms with Crippen molar-refractivity contribution in [2.24, 2.45) is 5.92 Å². The highest BCUT2D eigenvalue weighted by Gasteiger charge is 2.39. The van der Waals surface area contributed by atoms with Gasteiger partial charge in [0.1, 0.15) is 23.5 Å². The highest BCUT2D eigenvalue weighted by Crippen LogP contribution is 2.37. The van der Waals surface area contributed by atoms with Crippen LogP contribution in [-0.2, 0) is 0 Å². The number of nitrogens with zero attached hydrogens (tertiary/aromatic N) is 5. The Morgan fingerprint density at radius 2 is 2.08 bits per heavy atom. The fourth-order valence-electron chi connectivity index (χ4n) is 4.12. The first-order valence-corrected chi connectivity index (χ1v) is 8.66. The number of aromatic nitrogens is 2. The molecular weight excluding hydrogens is 317 g/mol. The summed E-state index contributed by atoms with van der Waals surface area (Å²) in [6.45, 7) is 4.66. The Morgan fingerprint density at radius 1 is 1.24 bits per heavy atom.